The maximum atomic E-state index is 12.7. The molecule has 0 aliphatic carbocycles. The van der Waals surface area contributed by atoms with Gasteiger partial charge in [0, 0.05) is 23.6 Å². The number of sulfone groups is 1. The van der Waals surface area contributed by atoms with Crippen LogP contribution in [0.4, 0.5) is 24.7 Å². The van der Waals surface area contributed by atoms with Crippen LogP contribution >= 0.6 is 0 Å². The average Bonchev–Trinajstić information content (AvgIpc) is 2.68. The van der Waals surface area contributed by atoms with Gasteiger partial charge in [-0.15, -0.1) is 0 Å². The van der Waals surface area contributed by atoms with Crippen molar-refractivity contribution in [2.24, 2.45) is 0 Å². The van der Waals surface area contributed by atoms with Crippen molar-refractivity contribution in [2.75, 3.05) is 11.1 Å². The standard InChI is InChI=1S/C19H16F3N3O2S/c1-2-28(26,27)14-7-8-17(15(11-14)16-5-3-4-10-23-16)25-18-9-6-13(12-24-18)19(20,21)22/h3-12H,2H2,1H3,(H,24,25). The van der Waals surface area contributed by atoms with Crippen LogP contribution in [0.25, 0.3) is 11.3 Å². The lowest BCUT2D eigenvalue weighted by Crippen LogP contribution is -2.07. The number of alkyl halides is 3. The van der Waals surface area contributed by atoms with Crippen molar-refractivity contribution in [1.82, 2.24) is 9.97 Å². The van der Waals surface area contributed by atoms with Crippen LogP contribution in [-0.4, -0.2) is 24.1 Å². The third-order valence-electron chi connectivity index (χ3n) is 4.02. The second-order valence-electron chi connectivity index (χ2n) is 5.88. The van der Waals surface area contributed by atoms with Gasteiger partial charge in [0.1, 0.15) is 5.82 Å². The van der Waals surface area contributed by atoms with E-state index in [1.54, 1.807) is 37.4 Å². The van der Waals surface area contributed by atoms with Crippen molar-refractivity contribution >= 4 is 21.3 Å². The molecular formula is C19H16F3N3O2S. The zero-order chi connectivity index (χ0) is 20.4. The largest absolute Gasteiger partial charge is 0.417 e. The van der Waals surface area contributed by atoms with E-state index in [-0.39, 0.29) is 16.5 Å². The summed E-state index contributed by atoms with van der Waals surface area (Å²) in [7, 11) is -3.44. The van der Waals surface area contributed by atoms with E-state index in [0.717, 1.165) is 12.3 Å². The first kappa shape index (κ1) is 19.8. The fourth-order valence-corrected chi connectivity index (χ4v) is 3.41. The molecule has 0 saturated carbocycles. The van der Waals surface area contributed by atoms with Gasteiger partial charge in [-0.05, 0) is 42.5 Å². The number of aromatic nitrogens is 2. The van der Waals surface area contributed by atoms with Gasteiger partial charge < -0.3 is 5.32 Å². The molecule has 3 aromatic rings. The maximum absolute atomic E-state index is 12.7. The molecule has 0 radical (unpaired) electrons. The predicted molar refractivity (Wildman–Crippen MR) is 99.9 cm³/mol. The highest BCUT2D eigenvalue weighted by molar-refractivity contribution is 7.91. The Morgan fingerprint density at radius 3 is 2.39 bits per heavy atom. The van der Waals surface area contributed by atoms with Crippen LogP contribution in [0.15, 0.2) is 65.8 Å². The van der Waals surface area contributed by atoms with Gasteiger partial charge in [-0.3, -0.25) is 4.98 Å². The molecule has 28 heavy (non-hydrogen) atoms. The molecule has 0 saturated heterocycles. The minimum absolute atomic E-state index is 0.0537. The second kappa shape index (κ2) is 7.59. The van der Waals surface area contributed by atoms with Crippen LogP contribution in [0.3, 0.4) is 0 Å². The smallest absolute Gasteiger partial charge is 0.340 e. The van der Waals surface area contributed by atoms with Crippen molar-refractivity contribution in [1.29, 1.82) is 0 Å². The van der Waals surface area contributed by atoms with E-state index in [2.05, 4.69) is 15.3 Å². The Bertz CT molecular complexity index is 1070. The summed E-state index contributed by atoms with van der Waals surface area (Å²) in [6.45, 7) is 1.55. The normalized spacial score (nSPS) is 12.0. The Balaban J connectivity index is 2.03. The summed E-state index contributed by atoms with van der Waals surface area (Å²) in [5, 5.41) is 2.93. The fraction of sp³-hybridized carbons (Fsp3) is 0.158. The van der Waals surface area contributed by atoms with Gasteiger partial charge in [-0.1, -0.05) is 13.0 Å². The molecule has 3 rings (SSSR count). The first-order chi connectivity index (χ1) is 13.2. The van der Waals surface area contributed by atoms with Crippen LogP contribution in [0.2, 0.25) is 0 Å². The number of hydrogen-bond acceptors (Lipinski definition) is 5. The van der Waals surface area contributed by atoms with Crippen molar-refractivity contribution in [3.05, 3.63) is 66.5 Å². The average molecular weight is 407 g/mol. The number of pyridine rings is 2. The number of anilines is 2. The van der Waals surface area contributed by atoms with E-state index in [1.807, 2.05) is 0 Å². The van der Waals surface area contributed by atoms with Crippen LogP contribution in [0.5, 0.6) is 0 Å². The predicted octanol–water partition coefficient (Wildman–Crippen LogP) is 4.70. The molecule has 1 aromatic carbocycles. The molecule has 0 unspecified atom stereocenters. The quantitative estimate of drug-likeness (QED) is 0.664. The molecule has 0 atom stereocenters. The van der Waals surface area contributed by atoms with Crippen molar-refractivity contribution in [3.63, 3.8) is 0 Å². The lowest BCUT2D eigenvalue weighted by atomic mass is 10.1. The summed E-state index contributed by atoms with van der Waals surface area (Å²) in [5.41, 5.74) is 0.635. The van der Waals surface area contributed by atoms with Crippen LogP contribution < -0.4 is 5.32 Å². The van der Waals surface area contributed by atoms with Gasteiger partial charge in [0.05, 0.1) is 21.9 Å². The van der Waals surface area contributed by atoms with Gasteiger partial charge in [0.2, 0.25) is 0 Å². The minimum Gasteiger partial charge on any atom is -0.340 e. The summed E-state index contributed by atoms with van der Waals surface area (Å²) in [4.78, 5) is 8.18. The van der Waals surface area contributed by atoms with E-state index < -0.39 is 21.6 Å². The zero-order valence-corrected chi connectivity index (χ0v) is 15.6. The molecule has 0 aliphatic rings. The van der Waals surface area contributed by atoms with Gasteiger partial charge in [0.15, 0.2) is 9.84 Å². The molecule has 2 aromatic heterocycles. The summed E-state index contributed by atoms with van der Waals surface area (Å²) in [6, 6.07) is 11.8. The van der Waals surface area contributed by atoms with E-state index in [4.69, 9.17) is 0 Å². The number of hydrogen-bond donors (Lipinski definition) is 1. The summed E-state index contributed by atoms with van der Waals surface area (Å²) >= 11 is 0. The highest BCUT2D eigenvalue weighted by Gasteiger charge is 2.30. The monoisotopic (exact) mass is 407 g/mol. The highest BCUT2D eigenvalue weighted by atomic mass is 32.2. The first-order valence-electron chi connectivity index (χ1n) is 8.29. The van der Waals surface area contributed by atoms with Crippen molar-refractivity contribution < 1.29 is 21.6 Å². The Morgan fingerprint density at radius 1 is 1.04 bits per heavy atom. The third-order valence-corrected chi connectivity index (χ3v) is 5.76. The molecule has 5 nitrogen and oxygen atoms in total. The Kier molecular flexibility index (Phi) is 5.37. The number of benzene rings is 1. The molecule has 0 amide bonds. The molecule has 9 heteroatoms. The molecular weight excluding hydrogens is 391 g/mol. The van der Waals surface area contributed by atoms with E-state index in [9.17, 15) is 21.6 Å². The lowest BCUT2D eigenvalue weighted by molar-refractivity contribution is -0.137. The van der Waals surface area contributed by atoms with E-state index in [0.29, 0.717) is 16.9 Å². The molecule has 0 aliphatic heterocycles. The molecule has 146 valence electrons. The summed E-state index contributed by atoms with van der Waals surface area (Å²) in [5.74, 6) is 0.137. The van der Waals surface area contributed by atoms with Crippen LogP contribution in [-0.2, 0) is 16.0 Å². The van der Waals surface area contributed by atoms with Gasteiger partial charge in [-0.25, -0.2) is 13.4 Å². The van der Waals surface area contributed by atoms with Crippen molar-refractivity contribution in [3.8, 4) is 11.3 Å². The lowest BCUT2D eigenvalue weighted by Gasteiger charge is -2.14. The molecule has 0 spiro atoms. The fourth-order valence-electron chi connectivity index (χ4n) is 2.50. The SMILES string of the molecule is CCS(=O)(=O)c1ccc(Nc2ccc(C(F)(F)F)cn2)c(-c2ccccn2)c1. The second-order valence-corrected chi connectivity index (χ2v) is 8.16. The molecule has 0 bridgehead atoms. The minimum atomic E-state index is -4.47. The van der Waals surface area contributed by atoms with Crippen molar-refractivity contribution in [2.45, 2.75) is 18.0 Å². The highest BCUT2D eigenvalue weighted by Crippen LogP contribution is 2.33. The third kappa shape index (κ3) is 4.30. The number of rotatable bonds is 5. The number of nitrogens with zero attached hydrogens (tertiary/aromatic N) is 2. The summed E-state index contributed by atoms with van der Waals surface area (Å²) < 4.78 is 62.5. The van der Waals surface area contributed by atoms with E-state index >= 15 is 0 Å². The van der Waals surface area contributed by atoms with Crippen LogP contribution in [0.1, 0.15) is 12.5 Å². The zero-order valence-electron chi connectivity index (χ0n) is 14.7. The molecule has 2 heterocycles. The van der Waals surface area contributed by atoms with Crippen LogP contribution in [0, 0.1) is 0 Å². The van der Waals surface area contributed by atoms with Gasteiger partial charge in [0.25, 0.3) is 0 Å². The Morgan fingerprint density at radius 2 is 1.82 bits per heavy atom. The first-order valence-corrected chi connectivity index (χ1v) is 9.94. The Hall–Kier alpha value is -2.94. The molecule has 1 N–H and O–H groups in total. The van der Waals surface area contributed by atoms with E-state index in [1.165, 1.54) is 18.2 Å². The maximum Gasteiger partial charge on any atom is 0.417 e. The Labute approximate surface area is 160 Å². The molecule has 0 fully saturated rings. The number of nitrogens with one attached hydrogen (secondary N) is 1. The number of halogens is 3. The van der Waals surface area contributed by atoms with Gasteiger partial charge in [-0.2, -0.15) is 13.2 Å². The topological polar surface area (TPSA) is 72.0 Å². The van der Waals surface area contributed by atoms with Gasteiger partial charge >= 0.3 is 6.18 Å². The summed E-state index contributed by atoms with van der Waals surface area (Å²) in [6.07, 6.45) is -2.17.